The Morgan fingerprint density at radius 2 is 1.79 bits per heavy atom. The quantitative estimate of drug-likeness (QED) is 0.851. The van der Waals surface area contributed by atoms with Gasteiger partial charge in [-0.1, -0.05) is 6.07 Å². The van der Waals surface area contributed by atoms with Crippen molar-refractivity contribution in [3.05, 3.63) is 35.1 Å². The summed E-state index contributed by atoms with van der Waals surface area (Å²) in [6, 6.07) is 2.73. The largest absolute Gasteiger partial charge is 0.416 e. The lowest BCUT2D eigenvalue weighted by molar-refractivity contribution is -0.139. The molecule has 2 heterocycles. The molecule has 2 aliphatic heterocycles. The summed E-state index contributed by atoms with van der Waals surface area (Å²) in [5.74, 6) is -0.763. The SMILES string of the molecule is Fc1ccc([C@H](C2CCOCC2)N2CCNCC2)c(C(F)(F)F)c1. The van der Waals surface area contributed by atoms with Crippen molar-refractivity contribution in [1.29, 1.82) is 0 Å². The van der Waals surface area contributed by atoms with E-state index in [0.29, 0.717) is 32.4 Å². The molecule has 0 spiro atoms. The molecule has 134 valence electrons. The molecule has 2 saturated heterocycles. The monoisotopic (exact) mass is 346 g/mol. The standard InChI is InChI=1S/C17H22F4N2O/c18-13-1-2-14(15(11-13)17(19,20)21)16(12-3-9-24-10-4-12)23-7-5-22-6-8-23/h1-2,11-12,16,22H,3-10H2/t16-/m0/s1. The van der Waals surface area contributed by atoms with Crippen LogP contribution in [0, 0.1) is 11.7 Å². The average Bonchev–Trinajstić information content (AvgIpc) is 2.57. The topological polar surface area (TPSA) is 24.5 Å². The molecule has 3 nitrogen and oxygen atoms in total. The van der Waals surface area contributed by atoms with Crippen LogP contribution < -0.4 is 5.32 Å². The normalized spacial score (nSPS) is 22.5. The molecular weight excluding hydrogens is 324 g/mol. The van der Waals surface area contributed by atoms with Crippen molar-refractivity contribution < 1.29 is 22.3 Å². The van der Waals surface area contributed by atoms with Crippen LogP contribution in [-0.4, -0.2) is 44.3 Å². The summed E-state index contributed by atoms with van der Waals surface area (Å²) in [7, 11) is 0. The fraction of sp³-hybridized carbons (Fsp3) is 0.647. The lowest BCUT2D eigenvalue weighted by Crippen LogP contribution is -2.48. The Hall–Kier alpha value is -1.18. The number of rotatable bonds is 3. The maximum Gasteiger partial charge on any atom is 0.416 e. The van der Waals surface area contributed by atoms with Gasteiger partial charge in [0.15, 0.2) is 0 Å². The molecule has 2 fully saturated rings. The number of halogens is 4. The van der Waals surface area contributed by atoms with Gasteiger partial charge < -0.3 is 10.1 Å². The molecule has 0 amide bonds. The van der Waals surface area contributed by atoms with Gasteiger partial charge in [-0.05, 0) is 36.5 Å². The van der Waals surface area contributed by atoms with Crippen LogP contribution in [0.2, 0.25) is 0 Å². The molecule has 0 aromatic heterocycles. The first-order valence-electron chi connectivity index (χ1n) is 8.36. The Bertz CT molecular complexity index is 534. The molecule has 3 rings (SSSR count). The smallest absolute Gasteiger partial charge is 0.381 e. The summed E-state index contributed by atoms with van der Waals surface area (Å²) < 4.78 is 59.4. The van der Waals surface area contributed by atoms with Crippen molar-refractivity contribution in [1.82, 2.24) is 10.2 Å². The Labute approximate surface area is 139 Å². The highest BCUT2D eigenvalue weighted by Gasteiger charge is 2.40. The van der Waals surface area contributed by atoms with Crippen LogP contribution >= 0.6 is 0 Å². The van der Waals surface area contributed by atoms with Crippen molar-refractivity contribution in [2.45, 2.75) is 25.1 Å². The summed E-state index contributed by atoms with van der Waals surface area (Å²) in [5, 5.41) is 3.23. The fourth-order valence-electron chi connectivity index (χ4n) is 3.77. The third-order valence-electron chi connectivity index (χ3n) is 4.90. The van der Waals surface area contributed by atoms with E-state index in [1.165, 1.54) is 6.07 Å². The van der Waals surface area contributed by atoms with E-state index >= 15 is 0 Å². The number of nitrogens with one attached hydrogen (secondary N) is 1. The van der Waals surface area contributed by atoms with Gasteiger partial charge in [-0.3, -0.25) is 4.90 Å². The van der Waals surface area contributed by atoms with Gasteiger partial charge in [0.2, 0.25) is 0 Å². The Kier molecular flexibility index (Phi) is 5.42. The lowest BCUT2D eigenvalue weighted by atomic mass is 9.83. The van der Waals surface area contributed by atoms with Gasteiger partial charge in [-0.2, -0.15) is 13.2 Å². The second kappa shape index (κ2) is 7.37. The maximum absolute atomic E-state index is 13.5. The Balaban J connectivity index is 2.01. The molecule has 0 bridgehead atoms. The van der Waals surface area contributed by atoms with Crippen LogP contribution in [0.4, 0.5) is 17.6 Å². The second-order valence-corrected chi connectivity index (χ2v) is 6.41. The first-order valence-corrected chi connectivity index (χ1v) is 8.36. The predicted octanol–water partition coefficient (Wildman–Crippen LogP) is 3.22. The van der Waals surface area contributed by atoms with E-state index < -0.39 is 17.6 Å². The van der Waals surface area contributed by atoms with E-state index in [4.69, 9.17) is 4.74 Å². The maximum atomic E-state index is 13.5. The van der Waals surface area contributed by atoms with Crippen LogP contribution in [0.3, 0.4) is 0 Å². The highest BCUT2D eigenvalue weighted by molar-refractivity contribution is 5.34. The van der Waals surface area contributed by atoms with Gasteiger partial charge in [0.1, 0.15) is 5.82 Å². The molecule has 0 radical (unpaired) electrons. The zero-order chi connectivity index (χ0) is 17.2. The number of nitrogens with zero attached hydrogens (tertiary/aromatic N) is 1. The molecular formula is C17H22F4N2O. The number of ether oxygens (including phenoxy) is 1. The first kappa shape index (κ1) is 17.6. The summed E-state index contributed by atoms with van der Waals surface area (Å²) in [5.41, 5.74) is -0.657. The van der Waals surface area contributed by atoms with E-state index in [2.05, 4.69) is 10.2 Å². The molecule has 0 unspecified atom stereocenters. The van der Waals surface area contributed by atoms with E-state index in [0.717, 1.165) is 32.0 Å². The van der Waals surface area contributed by atoms with E-state index in [-0.39, 0.29) is 17.5 Å². The van der Waals surface area contributed by atoms with Crippen molar-refractivity contribution >= 4 is 0 Å². The van der Waals surface area contributed by atoms with Crippen LogP contribution in [0.15, 0.2) is 18.2 Å². The lowest BCUT2D eigenvalue weighted by Gasteiger charge is -2.42. The predicted molar refractivity (Wildman–Crippen MR) is 82.1 cm³/mol. The van der Waals surface area contributed by atoms with Crippen molar-refractivity contribution in [3.8, 4) is 0 Å². The van der Waals surface area contributed by atoms with Gasteiger partial charge in [0, 0.05) is 45.4 Å². The van der Waals surface area contributed by atoms with E-state index in [9.17, 15) is 17.6 Å². The molecule has 0 saturated carbocycles. The zero-order valence-electron chi connectivity index (χ0n) is 13.4. The van der Waals surface area contributed by atoms with Crippen LogP contribution in [0.5, 0.6) is 0 Å². The van der Waals surface area contributed by atoms with Crippen LogP contribution in [-0.2, 0) is 10.9 Å². The summed E-state index contributed by atoms with van der Waals surface area (Å²) in [6.07, 6.45) is -3.11. The van der Waals surface area contributed by atoms with Gasteiger partial charge >= 0.3 is 6.18 Å². The molecule has 0 aliphatic carbocycles. The van der Waals surface area contributed by atoms with Crippen LogP contribution in [0.1, 0.15) is 30.0 Å². The molecule has 2 aliphatic rings. The third kappa shape index (κ3) is 3.90. The minimum atomic E-state index is -4.56. The van der Waals surface area contributed by atoms with Gasteiger partial charge in [0.25, 0.3) is 0 Å². The molecule has 7 heteroatoms. The van der Waals surface area contributed by atoms with E-state index in [1.807, 2.05) is 0 Å². The molecule has 1 aromatic rings. The number of benzene rings is 1. The molecule has 1 atom stereocenters. The van der Waals surface area contributed by atoms with Gasteiger partial charge in [0.05, 0.1) is 5.56 Å². The van der Waals surface area contributed by atoms with Crippen molar-refractivity contribution in [2.24, 2.45) is 5.92 Å². The fourth-order valence-corrected chi connectivity index (χ4v) is 3.77. The molecule has 24 heavy (non-hydrogen) atoms. The van der Waals surface area contributed by atoms with Gasteiger partial charge in [-0.25, -0.2) is 4.39 Å². The number of alkyl halides is 3. The number of hydrogen-bond acceptors (Lipinski definition) is 3. The molecule has 1 N–H and O–H groups in total. The average molecular weight is 346 g/mol. The highest BCUT2D eigenvalue weighted by Crippen LogP contribution is 2.42. The first-order chi connectivity index (χ1) is 11.5. The zero-order valence-corrected chi connectivity index (χ0v) is 13.4. The number of piperazine rings is 1. The minimum Gasteiger partial charge on any atom is -0.381 e. The minimum absolute atomic E-state index is 0.0865. The summed E-state index contributed by atoms with van der Waals surface area (Å²) in [4.78, 5) is 2.11. The second-order valence-electron chi connectivity index (χ2n) is 6.41. The summed E-state index contributed by atoms with van der Waals surface area (Å²) in [6.45, 7) is 4.02. The Morgan fingerprint density at radius 1 is 1.12 bits per heavy atom. The van der Waals surface area contributed by atoms with Crippen LogP contribution in [0.25, 0.3) is 0 Å². The highest BCUT2D eigenvalue weighted by atomic mass is 19.4. The number of hydrogen-bond donors (Lipinski definition) is 1. The van der Waals surface area contributed by atoms with Crippen molar-refractivity contribution in [2.75, 3.05) is 39.4 Å². The van der Waals surface area contributed by atoms with E-state index in [1.54, 1.807) is 0 Å². The summed E-state index contributed by atoms with van der Waals surface area (Å²) >= 11 is 0. The third-order valence-corrected chi connectivity index (χ3v) is 4.90. The van der Waals surface area contributed by atoms with Gasteiger partial charge in [-0.15, -0.1) is 0 Å². The Morgan fingerprint density at radius 3 is 2.42 bits per heavy atom. The molecule has 1 aromatic carbocycles. The van der Waals surface area contributed by atoms with Crippen molar-refractivity contribution in [3.63, 3.8) is 0 Å².